The monoisotopic (exact) mass is 339 g/mol. The Hall–Kier alpha value is -0.590. The van der Waals surface area contributed by atoms with E-state index in [2.05, 4.69) is 15.9 Å². The highest BCUT2D eigenvalue weighted by Crippen LogP contribution is 2.30. The molecular formula is C13H17BrF3NO. The third kappa shape index (κ3) is 5.50. The molecule has 2 nitrogen and oxygen atoms in total. The van der Waals surface area contributed by atoms with E-state index in [0.717, 1.165) is 10.0 Å². The quantitative estimate of drug-likeness (QED) is 0.843. The van der Waals surface area contributed by atoms with Crippen LogP contribution in [0.2, 0.25) is 0 Å². The van der Waals surface area contributed by atoms with Gasteiger partial charge in [-0.3, -0.25) is 0 Å². The summed E-state index contributed by atoms with van der Waals surface area (Å²) in [6.07, 6.45) is -5.10. The molecule has 0 spiro atoms. The van der Waals surface area contributed by atoms with E-state index in [9.17, 15) is 13.2 Å². The molecule has 1 aromatic carbocycles. The summed E-state index contributed by atoms with van der Waals surface area (Å²) in [5.74, 6) is 0. The Morgan fingerprint density at radius 3 is 2.47 bits per heavy atom. The molecule has 0 aliphatic heterocycles. The number of rotatable bonds is 6. The van der Waals surface area contributed by atoms with Gasteiger partial charge < -0.3 is 10.5 Å². The van der Waals surface area contributed by atoms with E-state index in [0.29, 0.717) is 6.42 Å². The van der Waals surface area contributed by atoms with Crippen LogP contribution < -0.4 is 5.73 Å². The predicted octanol–water partition coefficient (Wildman–Crippen LogP) is 4.20. The van der Waals surface area contributed by atoms with E-state index < -0.39 is 18.7 Å². The third-order valence-corrected chi connectivity index (χ3v) is 3.48. The van der Waals surface area contributed by atoms with Crippen molar-refractivity contribution in [3.63, 3.8) is 0 Å². The first kappa shape index (κ1) is 16.5. The van der Waals surface area contributed by atoms with Gasteiger partial charge in [0.15, 0.2) is 0 Å². The van der Waals surface area contributed by atoms with E-state index in [-0.39, 0.29) is 12.6 Å². The molecule has 108 valence electrons. The fourth-order valence-electron chi connectivity index (χ4n) is 1.67. The molecule has 0 bridgehead atoms. The second kappa shape index (κ2) is 7.26. The SMILES string of the molecule is CCC(N)C(OCCC(F)(F)F)c1ccccc1Br. The van der Waals surface area contributed by atoms with Crippen LogP contribution in [0, 0.1) is 0 Å². The molecule has 0 aromatic heterocycles. The number of alkyl halides is 3. The van der Waals surface area contributed by atoms with Crippen LogP contribution in [0.5, 0.6) is 0 Å². The lowest BCUT2D eigenvalue weighted by atomic mass is 10.0. The number of halogens is 4. The fraction of sp³-hybridized carbons (Fsp3) is 0.538. The molecule has 2 N–H and O–H groups in total. The summed E-state index contributed by atoms with van der Waals surface area (Å²) in [7, 11) is 0. The van der Waals surface area contributed by atoms with Gasteiger partial charge in [-0.05, 0) is 18.1 Å². The first-order chi connectivity index (χ1) is 8.85. The van der Waals surface area contributed by atoms with Crippen LogP contribution in [0.4, 0.5) is 13.2 Å². The number of ether oxygens (including phenoxy) is 1. The van der Waals surface area contributed by atoms with Crippen molar-refractivity contribution in [2.45, 2.75) is 38.1 Å². The van der Waals surface area contributed by atoms with E-state index in [1.54, 1.807) is 6.07 Å². The number of hydrogen-bond acceptors (Lipinski definition) is 2. The van der Waals surface area contributed by atoms with Crippen LogP contribution in [-0.2, 0) is 4.74 Å². The summed E-state index contributed by atoms with van der Waals surface area (Å²) in [6.45, 7) is 1.49. The van der Waals surface area contributed by atoms with Gasteiger partial charge in [-0.1, -0.05) is 41.1 Å². The van der Waals surface area contributed by atoms with Crippen LogP contribution in [0.3, 0.4) is 0 Å². The van der Waals surface area contributed by atoms with Gasteiger partial charge in [-0.25, -0.2) is 0 Å². The highest BCUT2D eigenvalue weighted by atomic mass is 79.9. The van der Waals surface area contributed by atoms with Crippen LogP contribution >= 0.6 is 15.9 Å². The van der Waals surface area contributed by atoms with Gasteiger partial charge in [-0.15, -0.1) is 0 Å². The molecule has 0 radical (unpaired) electrons. The van der Waals surface area contributed by atoms with Gasteiger partial charge in [0.2, 0.25) is 0 Å². The van der Waals surface area contributed by atoms with Crippen LogP contribution in [0.1, 0.15) is 31.4 Å². The molecule has 0 amide bonds. The van der Waals surface area contributed by atoms with Crippen LogP contribution in [0.15, 0.2) is 28.7 Å². The number of benzene rings is 1. The maximum absolute atomic E-state index is 12.2. The standard InChI is InChI=1S/C13H17BrF3NO/c1-2-11(18)12(19-8-7-13(15,16)17)9-5-3-4-6-10(9)14/h3-6,11-12H,2,7-8,18H2,1H3. The highest BCUT2D eigenvalue weighted by molar-refractivity contribution is 9.10. The van der Waals surface area contributed by atoms with Crippen molar-refractivity contribution in [2.24, 2.45) is 5.73 Å². The minimum Gasteiger partial charge on any atom is -0.372 e. The number of nitrogens with two attached hydrogens (primary N) is 1. The van der Waals surface area contributed by atoms with Crippen molar-refractivity contribution in [3.05, 3.63) is 34.3 Å². The zero-order valence-corrected chi connectivity index (χ0v) is 12.2. The van der Waals surface area contributed by atoms with Crippen LogP contribution in [0.25, 0.3) is 0 Å². The lowest BCUT2D eigenvalue weighted by Gasteiger charge is -2.25. The molecule has 6 heteroatoms. The molecule has 2 atom stereocenters. The fourth-order valence-corrected chi connectivity index (χ4v) is 2.18. The summed E-state index contributed by atoms with van der Waals surface area (Å²) < 4.78 is 42.6. The Labute approximate surface area is 119 Å². The summed E-state index contributed by atoms with van der Waals surface area (Å²) in [4.78, 5) is 0. The lowest BCUT2D eigenvalue weighted by molar-refractivity contribution is -0.150. The highest BCUT2D eigenvalue weighted by Gasteiger charge is 2.28. The Bertz CT molecular complexity index is 398. The third-order valence-electron chi connectivity index (χ3n) is 2.75. The maximum atomic E-state index is 12.2. The first-order valence-corrected chi connectivity index (χ1v) is 6.82. The summed E-state index contributed by atoms with van der Waals surface area (Å²) >= 11 is 3.37. The van der Waals surface area contributed by atoms with Gasteiger partial charge in [0.1, 0.15) is 0 Å². The van der Waals surface area contributed by atoms with Crippen molar-refractivity contribution >= 4 is 15.9 Å². The molecule has 0 saturated heterocycles. The Morgan fingerprint density at radius 2 is 1.95 bits per heavy atom. The van der Waals surface area contributed by atoms with Gasteiger partial charge in [0.25, 0.3) is 0 Å². The molecule has 0 aliphatic carbocycles. The molecule has 2 unspecified atom stereocenters. The topological polar surface area (TPSA) is 35.2 Å². The Kier molecular flexibility index (Phi) is 6.29. The normalized spacial score (nSPS) is 15.3. The van der Waals surface area contributed by atoms with Crippen molar-refractivity contribution in [3.8, 4) is 0 Å². The van der Waals surface area contributed by atoms with Gasteiger partial charge >= 0.3 is 6.18 Å². The van der Waals surface area contributed by atoms with Gasteiger partial charge in [-0.2, -0.15) is 13.2 Å². The second-order valence-corrected chi connectivity index (χ2v) is 5.10. The van der Waals surface area contributed by atoms with Gasteiger partial charge in [0, 0.05) is 10.5 Å². The smallest absolute Gasteiger partial charge is 0.372 e. The molecule has 0 saturated carbocycles. The van der Waals surface area contributed by atoms with Crippen molar-refractivity contribution in [2.75, 3.05) is 6.61 Å². The minimum absolute atomic E-state index is 0.341. The van der Waals surface area contributed by atoms with E-state index in [1.807, 2.05) is 25.1 Å². The molecule has 0 fully saturated rings. The van der Waals surface area contributed by atoms with E-state index >= 15 is 0 Å². The summed E-state index contributed by atoms with van der Waals surface area (Å²) in [6, 6.07) is 6.92. The Balaban J connectivity index is 2.76. The molecular weight excluding hydrogens is 323 g/mol. The molecule has 0 aliphatic rings. The van der Waals surface area contributed by atoms with Crippen molar-refractivity contribution in [1.82, 2.24) is 0 Å². The molecule has 19 heavy (non-hydrogen) atoms. The zero-order valence-electron chi connectivity index (χ0n) is 10.6. The Morgan fingerprint density at radius 1 is 1.32 bits per heavy atom. The van der Waals surface area contributed by atoms with E-state index in [4.69, 9.17) is 10.5 Å². The first-order valence-electron chi connectivity index (χ1n) is 6.03. The molecule has 1 aromatic rings. The minimum atomic E-state index is -4.21. The van der Waals surface area contributed by atoms with Crippen molar-refractivity contribution < 1.29 is 17.9 Å². The van der Waals surface area contributed by atoms with E-state index in [1.165, 1.54) is 0 Å². The summed E-state index contributed by atoms with van der Waals surface area (Å²) in [5.41, 5.74) is 6.72. The summed E-state index contributed by atoms with van der Waals surface area (Å²) in [5, 5.41) is 0. The molecule has 1 rings (SSSR count). The zero-order chi connectivity index (χ0) is 14.5. The number of hydrogen-bond donors (Lipinski definition) is 1. The molecule has 0 heterocycles. The predicted molar refractivity (Wildman–Crippen MR) is 71.8 cm³/mol. The average Bonchev–Trinajstić information content (AvgIpc) is 2.34. The average molecular weight is 340 g/mol. The van der Waals surface area contributed by atoms with Gasteiger partial charge in [0.05, 0.1) is 19.1 Å². The maximum Gasteiger partial charge on any atom is 0.391 e. The largest absolute Gasteiger partial charge is 0.391 e. The lowest BCUT2D eigenvalue weighted by Crippen LogP contribution is -2.30. The second-order valence-electron chi connectivity index (χ2n) is 4.25. The van der Waals surface area contributed by atoms with Crippen molar-refractivity contribution in [1.29, 1.82) is 0 Å². The van der Waals surface area contributed by atoms with Crippen LogP contribution in [-0.4, -0.2) is 18.8 Å².